The van der Waals surface area contributed by atoms with E-state index in [1.54, 1.807) is 0 Å². The Labute approximate surface area is 279 Å². The van der Waals surface area contributed by atoms with Crippen molar-refractivity contribution in [3.63, 3.8) is 0 Å². The number of rotatable bonds is 33. The molecule has 0 aliphatic rings. The molecule has 254 valence electrons. The van der Waals surface area contributed by atoms with Crippen molar-refractivity contribution in [2.75, 3.05) is 0 Å². The lowest BCUT2D eigenvalue weighted by molar-refractivity contribution is -0.135. The van der Waals surface area contributed by atoms with Crippen LogP contribution in [0, 0.1) is 0 Å². The molecule has 0 unspecified atom stereocenters. The van der Waals surface area contributed by atoms with Crippen LogP contribution in [0.4, 0.5) is 0 Å². The Morgan fingerprint density at radius 3 is 0.977 bits per heavy atom. The average molecular weight is 669 g/mol. The number of halogens is 1. The molecule has 0 bridgehead atoms. The minimum absolute atomic E-state index is 0. The van der Waals surface area contributed by atoms with Gasteiger partial charge in [-0.25, -0.2) is 0 Å². The predicted octanol–water partition coefficient (Wildman–Crippen LogP) is 12.9. The zero-order chi connectivity index (χ0) is 31.0. The largest absolute Gasteiger partial charge is 0.313 e. The SMILES string of the molecule is Br.CCCCCCCC/C=C\CCCCCCCC(=O)C(N)(CC)C(=O)CCCCCCC/C=C\CCCCCCCC. The number of carbonyl (C=O) groups excluding carboxylic acids is 2. The number of nitrogens with two attached hydrogens (primary N) is 1. The second-order valence-electron chi connectivity index (χ2n) is 12.8. The van der Waals surface area contributed by atoms with Crippen LogP contribution in [0.3, 0.4) is 0 Å². The maximum atomic E-state index is 12.9. The van der Waals surface area contributed by atoms with Gasteiger partial charge in [-0.1, -0.05) is 148 Å². The molecule has 0 spiro atoms. The number of allylic oxidation sites excluding steroid dienone is 4. The van der Waals surface area contributed by atoms with Crippen molar-refractivity contribution in [3.05, 3.63) is 24.3 Å². The van der Waals surface area contributed by atoms with Crippen LogP contribution in [-0.2, 0) is 9.59 Å². The number of ketones is 2. The summed E-state index contributed by atoms with van der Waals surface area (Å²) in [7, 11) is 0. The summed E-state index contributed by atoms with van der Waals surface area (Å²) in [6.07, 6.45) is 42.9. The first-order valence-corrected chi connectivity index (χ1v) is 18.7. The Hall–Kier alpha value is -0.740. The molecule has 0 fully saturated rings. The van der Waals surface area contributed by atoms with E-state index in [9.17, 15) is 9.59 Å². The maximum absolute atomic E-state index is 12.9. The van der Waals surface area contributed by atoms with Crippen LogP contribution in [0.15, 0.2) is 24.3 Å². The van der Waals surface area contributed by atoms with E-state index < -0.39 is 5.54 Å². The fourth-order valence-electron chi connectivity index (χ4n) is 5.71. The minimum Gasteiger partial charge on any atom is -0.313 e. The number of hydrogen-bond acceptors (Lipinski definition) is 3. The van der Waals surface area contributed by atoms with E-state index in [0.717, 1.165) is 38.5 Å². The monoisotopic (exact) mass is 667 g/mol. The van der Waals surface area contributed by atoms with Gasteiger partial charge in [0.1, 0.15) is 5.54 Å². The van der Waals surface area contributed by atoms with Gasteiger partial charge >= 0.3 is 0 Å². The lowest BCUT2D eigenvalue weighted by atomic mass is 9.82. The summed E-state index contributed by atoms with van der Waals surface area (Å²) in [5.41, 5.74) is 5.13. The number of Topliss-reactive ketones (excluding diaryl/α,β-unsaturated/α-hetero) is 2. The van der Waals surface area contributed by atoms with Crippen molar-refractivity contribution in [3.8, 4) is 0 Å². The van der Waals surface area contributed by atoms with Crippen molar-refractivity contribution in [2.24, 2.45) is 5.73 Å². The van der Waals surface area contributed by atoms with Crippen LogP contribution in [-0.4, -0.2) is 17.1 Å². The van der Waals surface area contributed by atoms with Gasteiger partial charge in [0, 0.05) is 12.8 Å². The first kappa shape index (κ1) is 44.4. The molecular weight excluding hydrogens is 594 g/mol. The van der Waals surface area contributed by atoms with Crippen molar-refractivity contribution in [1.29, 1.82) is 0 Å². The fraction of sp³-hybridized carbons (Fsp3) is 0.846. The third-order valence-electron chi connectivity index (χ3n) is 8.88. The summed E-state index contributed by atoms with van der Waals surface area (Å²) in [5.74, 6) is -0.0826. The molecule has 0 radical (unpaired) electrons. The van der Waals surface area contributed by atoms with Crippen molar-refractivity contribution in [2.45, 2.75) is 213 Å². The highest BCUT2D eigenvalue weighted by atomic mass is 79.9. The lowest BCUT2D eigenvalue weighted by Gasteiger charge is -2.25. The Balaban J connectivity index is 0. The first-order valence-electron chi connectivity index (χ1n) is 18.7. The van der Waals surface area contributed by atoms with E-state index in [1.807, 2.05) is 6.92 Å². The molecule has 0 atom stereocenters. The molecule has 0 aromatic carbocycles. The van der Waals surface area contributed by atoms with Crippen LogP contribution in [0.5, 0.6) is 0 Å². The van der Waals surface area contributed by atoms with Gasteiger partial charge < -0.3 is 5.73 Å². The molecule has 2 N–H and O–H groups in total. The van der Waals surface area contributed by atoms with E-state index in [0.29, 0.717) is 19.3 Å². The summed E-state index contributed by atoms with van der Waals surface area (Å²) < 4.78 is 0. The zero-order valence-electron chi connectivity index (χ0n) is 29.1. The molecule has 0 rings (SSSR count). The highest BCUT2D eigenvalue weighted by molar-refractivity contribution is 8.93. The Morgan fingerprint density at radius 1 is 0.442 bits per heavy atom. The van der Waals surface area contributed by atoms with Gasteiger partial charge in [-0.05, 0) is 70.6 Å². The molecule has 0 aromatic rings. The van der Waals surface area contributed by atoms with Crippen LogP contribution in [0.2, 0.25) is 0 Å². The Morgan fingerprint density at radius 2 is 0.698 bits per heavy atom. The van der Waals surface area contributed by atoms with Gasteiger partial charge in [-0.3, -0.25) is 9.59 Å². The van der Waals surface area contributed by atoms with E-state index in [4.69, 9.17) is 5.73 Å². The average Bonchev–Trinajstić information content (AvgIpc) is 3.00. The van der Waals surface area contributed by atoms with Crippen molar-refractivity contribution < 1.29 is 9.59 Å². The van der Waals surface area contributed by atoms with Gasteiger partial charge in [-0.2, -0.15) is 0 Å². The second kappa shape index (κ2) is 34.1. The third kappa shape index (κ3) is 27.3. The first-order chi connectivity index (χ1) is 20.5. The fourth-order valence-corrected chi connectivity index (χ4v) is 5.71. The maximum Gasteiger partial charge on any atom is 0.160 e. The van der Waals surface area contributed by atoms with Crippen LogP contribution >= 0.6 is 17.0 Å². The van der Waals surface area contributed by atoms with Gasteiger partial charge in [0.2, 0.25) is 0 Å². The Bertz CT molecular complexity index is 620. The molecule has 43 heavy (non-hydrogen) atoms. The molecule has 4 heteroatoms. The molecule has 0 aliphatic heterocycles. The van der Waals surface area contributed by atoms with E-state index in [1.165, 1.54) is 128 Å². The van der Waals surface area contributed by atoms with E-state index in [-0.39, 0.29) is 28.5 Å². The molecule has 0 aliphatic carbocycles. The highest BCUT2D eigenvalue weighted by Crippen LogP contribution is 2.19. The number of unbranched alkanes of at least 4 members (excludes halogenated alkanes) is 22. The third-order valence-corrected chi connectivity index (χ3v) is 8.88. The van der Waals surface area contributed by atoms with Crippen molar-refractivity contribution in [1.82, 2.24) is 0 Å². The second-order valence-corrected chi connectivity index (χ2v) is 12.8. The molecule has 0 saturated carbocycles. The van der Waals surface area contributed by atoms with Gasteiger partial charge in [-0.15, -0.1) is 17.0 Å². The Kier molecular flexibility index (Phi) is 35.2. The lowest BCUT2D eigenvalue weighted by Crippen LogP contribution is -2.54. The zero-order valence-corrected chi connectivity index (χ0v) is 30.8. The topological polar surface area (TPSA) is 60.2 Å². The summed E-state index contributed by atoms with van der Waals surface area (Å²) in [5, 5.41) is 0. The summed E-state index contributed by atoms with van der Waals surface area (Å²) >= 11 is 0. The van der Waals surface area contributed by atoms with Crippen LogP contribution in [0.1, 0.15) is 207 Å². The van der Waals surface area contributed by atoms with Crippen LogP contribution in [0.25, 0.3) is 0 Å². The van der Waals surface area contributed by atoms with E-state index in [2.05, 4.69) is 38.2 Å². The minimum atomic E-state index is -1.26. The molecule has 0 amide bonds. The molecular formula is C39H74BrNO2. The quantitative estimate of drug-likeness (QED) is 0.0430. The summed E-state index contributed by atoms with van der Waals surface area (Å²) in [6, 6.07) is 0. The van der Waals surface area contributed by atoms with Gasteiger partial charge in [0.25, 0.3) is 0 Å². The molecule has 0 saturated heterocycles. The number of carbonyl (C=O) groups is 2. The smallest absolute Gasteiger partial charge is 0.160 e. The van der Waals surface area contributed by atoms with Gasteiger partial charge in [0.05, 0.1) is 0 Å². The van der Waals surface area contributed by atoms with Crippen molar-refractivity contribution >= 4 is 28.5 Å². The standard InChI is InChI=1S/C39H73NO2.BrH/c1-4-7-9-11-13-15-17-19-21-23-25-27-29-31-33-35-37(41)39(40,6-3)38(42)36-34-32-30-28-26-24-22-20-18-16-14-12-10-8-5-2;/h19-22H,4-18,23-36,40H2,1-3H3;1H/b21-19-,22-20-;. The predicted molar refractivity (Wildman–Crippen MR) is 196 cm³/mol. The molecule has 0 aromatic heterocycles. The highest BCUT2D eigenvalue weighted by Gasteiger charge is 2.38. The number of hydrogen-bond donors (Lipinski definition) is 1. The summed E-state index contributed by atoms with van der Waals surface area (Å²) in [4.78, 5) is 25.7. The van der Waals surface area contributed by atoms with Gasteiger partial charge in [0.15, 0.2) is 11.6 Å². The molecule has 3 nitrogen and oxygen atoms in total. The summed E-state index contributed by atoms with van der Waals surface area (Å²) in [6.45, 7) is 6.42. The molecule has 0 heterocycles. The normalized spacial score (nSPS) is 11.9. The van der Waals surface area contributed by atoms with E-state index >= 15 is 0 Å². The van der Waals surface area contributed by atoms with Crippen LogP contribution < -0.4 is 5.73 Å².